The Labute approximate surface area is 92.7 Å². The van der Waals surface area contributed by atoms with Gasteiger partial charge in [-0.25, -0.2) is 0 Å². The lowest BCUT2D eigenvalue weighted by Crippen LogP contribution is -2.53. The highest BCUT2D eigenvalue weighted by Crippen LogP contribution is 2.19. The fourth-order valence-corrected chi connectivity index (χ4v) is 1.94. The molecule has 0 amide bonds. The van der Waals surface area contributed by atoms with E-state index in [1.807, 2.05) is 0 Å². The maximum Gasteiger partial charge on any atom is 0.0705 e. The van der Waals surface area contributed by atoms with Crippen molar-refractivity contribution in [1.82, 2.24) is 4.90 Å². The van der Waals surface area contributed by atoms with E-state index >= 15 is 0 Å². The number of morpholine rings is 1. The summed E-state index contributed by atoms with van der Waals surface area (Å²) < 4.78 is 10.8. The Bertz CT molecular complexity index is 181. The molecule has 1 rings (SSSR count). The van der Waals surface area contributed by atoms with Crippen molar-refractivity contribution in [3.63, 3.8) is 0 Å². The Balaban J connectivity index is 2.35. The van der Waals surface area contributed by atoms with E-state index in [2.05, 4.69) is 18.7 Å². The average Bonchev–Trinajstić information content (AvgIpc) is 2.21. The summed E-state index contributed by atoms with van der Waals surface area (Å²) in [4.78, 5) is 2.46. The summed E-state index contributed by atoms with van der Waals surface area (Å²) in [5.41, 5.74) is 5.74. The largest absolute Gasteiger partial charge is 0.380 e. The van der Waals surface area contributed by atoms with Gasteiger partial charge < -0.3 is 15.2 Å². The van der Waals surface area contributed by atoms with Crippen LogP contribution in [0, 0.1) is 0 Å². The van der Waals surface area contributed by atoms with Crippen LogP contribution in [0.5, 0.6) is 0 Å². The molecule has 1 unspecified atom stereocenters. The van der Waals surface area contributed by atoms with Crippen molar-refractivity contribution in [2.75, 3.05) is 40.0 Å². The molecule has 0 bridgehead atoms. The number of hydrogen-bond acceptors (Lipinski definition) is 4. The first-order valence-electron chi connectivity index (χ1n) is 5.66. The molecule has 0 saturated carbocycles. The van der Waals surface area contributed by atoms with Crippen molar-refractivity contribution in [2.45, 2.75) is 31.9 Å². The van der Waals surface area contributed by atoms with Crippen molar-refractivity contribution in [3.05, 3.63) is 0 Å². The first kappa shape index (κ1) is 12.9. The van der Waals surface area contributed by atoms with Gasteiger partial charge in [0.25, 0.3) is 0 Å². The average molecular weight is 216 g/mol. The zero-order chi connectivity index (χ0) is 11.3. The lowest BCUT2D eigenvalue weighted by molar-refractivity contribution is -0.0562. The molecule has 90 valence electrons. The van der Waals surface area contributed by atoms with Crippen LogP contribution in [0.1, 0.15) is 20.3 Å². The van der Waals surface area contributed by atoms with Gasteiger partial charge in [-0.1, -0.05) is 0 Å². The van der Waals surface area contributed by atoms with Crippen molar-refractivity contribution in [1.29, 1.82) is 0 Å². The van der Waals surface area contributed by atoms with Gasteiger partial charge in [-0.2, -0.15) is 0 Å². The molecule has 0 spiro atoms. The molecule has 0 radical (unpaired) electrons. The number of hydrogen-bond donors (Lipinski definition) is 1. The molecule has 0 aliphatic carbocycles. The highest BCUT2D eigenvalue weighted by Gasteiger charge is 2.30. The molecule has 0 aromatic rings. The first-order valence-corrected chi connectivity index (χ1v) is 5.66. The highest BCUT2D eigenvalue weighted by atomic mass is 16.5. The van der Waals surface area contributed by atoms with Gasteiger partial charge >= 0.3 is 0 Å². The van der Waals surface area contributed by atoms with Gasteiger partial charge in [0.2, 0.25) is 0 Å². The normalized spacial score (nSPS) is 24.0. The smallest absolute Gasteiger partial charge is 0.0705 e. The molecule has 4 nitrogen and oxygen atoms in total. The van der Waals surface area contributed by atoms with Crippen molar-refractivity contribution in [2.24, 2.45) is 5.73 Å². The van der Waals surface area contributed by atoms with Crippen LogP contribution >= 0.6 is 0 Å². The summed E-state index contributed by atoms with van der Waals surface area (Å²) in [5, 5.41) is 0. The molecule has 1 saturated heterocycles. The third-order valence-corrected chi connectivity index (χ3v) is 3.13. The lowest BCUT2D eigenvalue weighted by atomic mass is 10.0. The standard InChI is InChI=1S/C11H24N2O2/c1-11(2)9-15-7-6-13(11)5-4-10(8-12)14-3/h10H,4-9,12H2,1-3H3. The molecule has 1 atom stereocenters. The number of methoxy groups -OCH3 is 1. The van der Waals surface area contributed by atoms with Crippen LogP contribution in [0.2, 0.25) is 0 Å². The Morgan fingerprint density at radius 1 is 1.53 bits per heavy atom. The molecule has 1 aliphatic rings. The van der Waals surface area contributed by atoms with Gasteiger partial charge in [0.15, 0.2) is 0 Å². The zero-order valence-electron chi connectivity index (χ0n) is 10.2. The quantitative estimate of drug-likeness (QED) is 0.725. The van der Waals surface area contributed by atoms with E-state index in [1.165, 1.54) is 0 Å². The molecule has 0 aromatic carbocycles. The Kier molecular flexibility index (Phi) is 4.99. The second kappa shape index (κ2) is 5.80. The minimum absolute atomic E-state index is 0.144. The Hall–Kier alpha value is -0.160. The SMILES string of the molecule is COC(CN)CCN1CCOCC1(C)C. The van der Waals surface area contributed by atoms with E-state index in [0.717, 1.165) is 32.7 Å². The van der Waals surface area contributed by atoms with Crippen molar-refractivity contribution in [3.8, 4) is 0 Å². The monoisotopic (exact) mass is 216 g/mol. The summed E-state index contributed by atoms with van der Waals surface area (Å²) in [7, 11) is 1.72. The number of nitrogens with two attached hydrogens (primary N) is 1. The molecule has 1 aliphatic heterocycles. The lowest BCUT2D eigenvalue weighted by Gasteiger charge is -2.42. The predicted octanol–water partition coefficient (Wildman–Crippen LogP) is 0.461. The van der Waals surface area contributed by atoms with Gasteiger partial charge in [0.05, 0.1) is 19.3 Å². The predicted molar refractivity (Wildman–Crippen MR) is 60.9 cm³/mol. The maximum absolute atomic E-state index is 5.60. The van der Waals surface area contributed by atoms with Crippen molar-refractivity contribution < 1.29 is 9.47 Å². The summed E-state index contributed by atoms with van der Waals surface area (Å²) in [6, 6.07) is 0. The molecule has 1 fully saturated rings. The highest BCUT2D eigenvalue weighted by molar-refractivity contribution is 4.84. The third-order valence-electron chi connectivity index (χ3n) is 3.13. The van der Waals surface area contributed by atoms with Gasteiger partial charge in [0, 0.05) is 32.3 Å². The number of nitrogens with zero attached hydrogens (tertiary/aromatic N) is 1. The number of ether oxygens (including phenoxy) is 2. The van der Waals surface area contributed by atoms with Gasteiger partial charge in [-0.15, -0.1) is 0 Å². The molecule has 15 heavy (non-hydrogen) atoms. The van der Waals surface area contributed by atoms with Gasteiger partial charge in [-0.3, -0.25) is 4.90 Å². The third kappa shape index (κ3) is 3.72. The topological polar surface area (TPSA) is 47.7 Å². The van der Waals surface area contributed by atoms with Gasteiger partial charge in [0.1, 0.15) is 0 Å². The molecular formula is C11H24N2O2. The van der Waals surface area contributed by atoms with Crippen LogP contribution in [0.25, 0.3) is 0 Å². The summed E-state index contributed by atoms with van der Waals surface area (Å²) >= 11 is 0. The van der Waals surface area contributed by atoms with E-state index in [9.17, 15) is 0 Å². The van der Waals surface area contributed by atoms with E-state index in [-0.39, 0.29) is 11.6 Å². The first-order chi connectivity index (χ1) is 7.10. The van der Waals surface area contributed by atoms with Gasteiger partial charge in [-0.05, 0) is 20.3 Å². The molecule has 0 aromatic heterocycles. The maximum atomic E-state index is 5.60. The van der Waals surface area contributed by atoms with Crippen molar-refractivity contribution >= 4 is 0 Å². The fraction of sp³-hybridized carbons (Fsp3) is 1.00. The second-order valence-corrected chi connectivity index (χ2v) is 4.73. The fourth-order valence-electron chi connectivity index (χ4n) is 1.94. The molecule has 4 heteroatoms. The molecular weight excluding hydrogens is 192 g/mol. The summed E-state index contributed by atoms with van der Waals surface area (Å²) in [5.74, 6) is 0. The minimum atomic E-state index is 0.144. The summed E-state index contributed by atoms with van der Waals surface area (Å²) in [6.07, 6.45) is 1.18. The Morgan fingerprint density at radius 2 is 2.27 bits per heavy atom. The van der Waals surface area contributed by atoms with E-state index < -0.39 is 0 Å². The Morgan fingerprint density at radius 3 is 2.80 bits per heavy atom. The zero-order valence-corrected chi connectivity index (χ0v) is 10.2. The summed E-state index contributed by atoms with van der Waals surface area (Å²) in [6.45, 7) is 8.73. The van der Waals surface area contributed by atoms with E-state index in [1.54, 1.807) is 7.11 Å². The van der Waals surface area contributed by atoms with Crippen LogP contribution in [0.15, 0.2) is 0 Å². The minimum Gasteiger partial charge on any atom is -0.380 e. The van der Waals surface area contributed by atoms with Crippen LogP contribution in [0.4, 0.5) is 0 Å². The van der Waals surface area contributed by atoms with E-state index in [4.69, 9.17) is 15.2 Å². The molecule has 2 N–H and O–H groups in total. The second-order valence-electron chi connectivity index (χ2n) is 4.73. The van der Waals surface area contributed by atoms with Crippen LogP contribution in [-0.2, 0) is 9.47 Å². The van der Waals surface area contributed by atoms with Crippen LogP contribution in [0.3, 0.4) is 0 Å². The van der Waals surface area contributed by atoms with E-state index in [0.29, 0.717) is 6.54 Å². The van der Waals surface area contributed by atoms with Crippen LogP contribution in [-0.4, -0.2) is 56.5 Å². The van der Waals surface area contributed by atoms with Crippen LogP contribution < -0.4 is 5.73 Å². The molecule has 1 heterocycles. The number of rotatable bonds is 5.